The Morgan fingerprint density at radius 1 is 1.38 bits per heavy atom. The Balaban J connectivity index is 2.25. The summed E-state index contributed by atoms with van der Waals surface area (Å²) in [4.78, 5) is 1.39. The fourth-order valence-electron chi connectivity index (χ4n) is 2.49. The van der Waals surface area contributed by atoms with Crippen LogP contribution in [0.4, 0.5) is 0 Å². The molecule has 0 aliphatic heterocycles. The molecular weight excluding hydrogens is 214 g/mol. The zero-order valence-corrected chi connectivity index (χ0v) is 11.2. The summed E-state index contributed by atoms with van der Waals surface area (Å²) < 4.78 is 0. The van der Waals surface area contributed by atoms with E-state index in [0.29, 0.717) is 12.1 Å². The molecule has 0 bridgehead atoms. The summed E-state index contributed by atoms with van der Waals surface area (Å²) in [6, 6.07) is 8.08. The first-order valence-electron chi connectivity index (χ1n) is 6.13. The van der Waals surface area contributed by atoms with Crippen LogP contribution in [-0.2, 0) is 6.42 Å². The molecule has 2 heteroatoms. The lowest BCUT2D eigenvalue weighted by Crippen LogP contribution is -2.30. The van der Waals surface area contributed by atoms with Crippen molar-refractivity contribution in [3.8, 4) is 0 Å². The lowest BCUT2D eigenvalue weighted by atomic mass is 9.87. The number of thioether (sulfide) groups is 1. The zero-order valence-electron chi connectivity index (χ0n) is 10.4. The highest BCUT2D eigenvalue weighted by Gasteiger charge is 2.20. The highest BCUT2D eigenvalue weighted by Crippen LogP contribution is 2.32. The Morgan fingerprint density at radius 2 is 2.19 bits per heavy atom. The maximum Gasteiger partial charge on any atom is 0.0325 e. The van der Waals surface area contributed by atoms with Crippen molar-refractivity contribution in [2.45, 2.75) is 50.1 Å². The van der Waals surface area contributed by atoms with Crippen LogP contribution in [0.2, 0.25) is 0 Å². The summed E-state index contributed by atoms with van der Waals surface area (Å²) in [5.41, 5.74) is 3.08. The zero-order chi connectivity index (χ0) is 11.5. The molecule has 0 saturated heterocycles. The number of fused-ring (bicyclic) bond motifs is 1. The lowest BCUT2D eigenvalue weighted by Gasteiger charge is -2.28. The van der Waals surface area contributed by atoms with E-state index in [1.54, 1.807) is 5.56 Å². The van der Waals surface area contributed by atoms with E-state index >= 15 is 0 Å². The van der Waals surface area contributed by atoms with E-state index in [4.69, 9.17) is 0 Å². The molecule has 1 aliphatic rings. The molecule has 88 valence electrons. The molecule has 1 aromatic carbocycles. The van der Waals surface area contributed by atoms with E-state index < -0.39 is 0 Å². The average Bonchev–Trinajstić information content (AvgIpc) is 2.28. The third kappa shape index (κ3) is 2.61. The molecule has 1 nitrogen and oxygen atoms in total. The van der Waals surface area contributed by atoms with Gasteiger partial charge in [-0.1, -0.05) is 19.9 Å². The molecule has 1 unspecified atom stereocenters. The van der Waals surface area contributed by atoms with Crippen LogP contribution in [0, 0.1) is 0 Å². The van der Waals surface area contributed by atoms with E-state index in [-0.39, 0.29) is 0 Å². The van der Waals surface area contributed by atoms with Crippen LogP contribution >= 0.6 is 11.8 Å². The molecule has 0 spiro atoms. The minimum atomic E-state index is 0.566. The molecule has 0 heterocycles. The maximum absolute atomic E-state index is 3.67. The number of hydrogen-bond acceptors (Lipinski definition) is 2. The molecule has 1 aromatic rings. The van der Waals surface area contributed by atoms with Gasteiger partial charge in [-0.25, -0.2) is 0 Å². The monoisotopic (exact) mass is 235 g/mol. The summed E-state index contributed by atoms with van der Waals surface area (Å²) in [6.07, 6.45) is 5.99. The summed E-state index contributed by atoms with van der Waals surface area (Å²) in [5, 5.41) is 3.67. The highest BCUT2D eigenvalue weighted by molar-refractivity contribution is 7.98. The molecule has 0 fully saturated rings. The van der Waals surface area contributed by atoms with Crippen LogP contribution in [0.3, 0.4) is 0 Å². The first-order valence-corrected chi connectivity index (χ1v) is 7.36. The normalized spacial score (nSPS) is 19.9. The molecule has 1 aliphatic carbocycles. The van der Waals surface area contributed by atoms with Crippen LogP contribution in [0.1, 0.15) is 43.9 Å². The smallest absolute Gasteiger partial charge is 0.0325 e. The summed E-state index contributed by atoms with van der Waals surface area (Å²) >= 11 is 1.84. The van der Waals surface area contributed by atoms with Crippen LogP contribution in [0.15, 0.2) is 23.1 Å². The first-order chi connectivity index (χ1) is 7.70. The van der Waals surface area contributed by atoms with Crippen LogP contribution < -0.4 is 5.32 Å². The number of rotatable bonds is 3. The summed E-state index contributed by atoms with van der Waals surface area (Å²) in [6.45, 7) is 4.45. The number of aryl methyl sites for hydroxylation is 1. The Bertz CT molecular complexity index is 360. The molecule has 2 rings (SSSR count). The molecule has 1 atom stereocenters. The fourth-order valence-corrected chi connectivity index (χ4v) is 2.96. The second kappa shape index (κ2) is 5.24. The largest absolute Gasteiger partial charge is 0.308 e. The van der Waals surface area contributed by atoms with Gasteiger partial charge >= 0.3 is 0 Å². The van der Waals surface area contributed by atoms with Crippen LogP contribution in [0.5, 0.6) is 0 Å². The van der Waals surface area contributed by atoms with E-state index in [1.165, 1.54) is 29.7 Å². The van der Waals surface area contributed by atoms with Crippen molar-refractivity contribution in [2.75, 3.05) is 6.26 Å². The van der Waals surface area contributed by atoms with Crippen molar-refractivity contribution in [3.63, 3.8) is 0 Å². The van der Waals surface area contributed by atoms with Gasteiger partial charge in [-0.05, 0) is 48.8 Å². The standard InChI is InChI=1S/C14H21NS/c1-10(2)15-14-6-4-5-11-9-12(16-3)7-8-13(11)14/h7-10,14-15H,4-6H2,1-3H3. The van der Waals surface area contributed by atoms with Gasteiger partial charge in [-0.15, -0.1) is 11.8 Å². The van der Waals surface area contributed by atoms with Gasteiger partial charge in [0.15, 0.2) is 0 Å². The second-order valence-electron chi connectivity index (χ2n) is 4.83. The molecular formula is C14H21NS. The van der Waals surface area contributed by atoms with E-state index in [0.717, 1.165) is 0 Å². The van der Waals surface area contributed by atoms with Gasteiger partial charge < -0.3 is 5.32 Å². The van der Waals surface area contributed by atoms with Crippen molar-refractivity contribution in [2.24, 2.45) is 0 Å². The van der Waals surface area contributed by atoms with E-state index in [2.05, 4.69) is 43.6 Å². The fraction of sp³-hybridized carbons (Fsp3) is 0.571. The highest BCUT2D eigenvalue weighted by atomic mass is 32.2. The van der Waals surface area contributed by atoms with Crippen molar-refractivity contribution in [1.82, 2.24) is 5.32 Å². The molecule has 16 heavy (non-hydrogen) atoms. The quantitative estimate of drug-likeness (QED) is 0.800. The Morgan fingerprint density at radius 3 is 2.88 bits per heavy atom. The lowest BCUT2D eigenvalue weighted by molar-refractivity contribution is 0.423. The molecule has 1 N–H and O–H groups in total. The van der Waals surface area contributed by atoms with Crippen molar-refractivity contribution >= 4 is 11.8 Å². The Labute approximate surface area is 103 Å². The van der Waals surface area contributed by atoms with Crippen LogP contribution in [0.25, 0.3) is 0 Å². The third-order valence-corrected chi connectivity index (χ3v) is 3.92. The Hall–Kier alpha value is -0.470. The number of nitrogens with one attached hydrogen (secondary N) is 1. The van der Waals surface area contributed by atoms with Gasteiger partial charge in [-0.3, -0.25) is 0 Å². The van der Waals surface area contributed by atoms with Gasteiger partial charge in [0.25, 0.3) is 0 Å². The summed E-state index contributed by atoms with van der Waals surface area (Å²) in [7, 11) is 0. The van der Waals surface area contributed by atoms with Gasteiger partial charge in [0, 0.05) is 17.0 Å². The molecule has 0 saturated carbocycles. The second-order valence-corrected chi connectivity index (χ2v) is 5.71. The number of hydrogen-bond donors (Lipinski definition) is 1. The maximum atomic E-state index is 3.67. The van der Waals surface area contributed by atoms with Crippen LogP contribution in [-0.4, -0.2) is 12.3 Å². The molecule has 0 amide bonds. The predicted molar refractivity (Wildman–Crippen MR) is 72.2 cm³/mol. The van der Waals surface area contributed by atoms with Gasteiger partial charge in [0.2, 0.25) is 0 Å². The number of benzene rings is 1. The van der Waals surface area contributed by atoms with Crippen molar-refractivity contribution in [1.29, 1.82) is 0 Å². The third-order valence-electron chi connectivity index (χ3n) is 3.20. The van der Waals surface area contributed by atoms with Gasteiger partial charge in [0.1, 0.15) is 0 Å². The van der Waals surface area contributed by atoms with E-state index in [1.807, 2.05) is 11.8 Å². The topological polar surface area (TPSA) is 12.0 Å². The minimum Gasteiger partial charge on any atom is -0.308 e. The Kier molecular flexibility index (Phi) is 3.93. The minimum absolute atomic E-state index is 0.566. The first kappa shape index (κ1) is 12.0. The van der Waals surface area contributed by atoms with Crippen molar-refractivity contribution < 1.29 is 0 Å². The summed E-state index contributed by atoms with van der Waals surface area (Å²) in [5.74, 6) is 0. The molecule has 0 radical (unpaired) electrons. The van der Waals surface area contributed by atoms with E-state index in [9.17, 15) is 0 Å². The van der Waals surface area contributed by atoms with Crippen molar-refractivity contribution in [3.05, 3.63) is 29.3 Å². The SMILES string of the molecule is CSc1ccc2c(c1)CCCC2NC(C)C. The van der Waals surface area contributed by atoms with Gasteiger partial charge in [-0.2, -0.15) is 0 Å². The molecule has 0 aromatic heterocycles. The average molecular weight is 235 g/mol. The van der Waals surface area contributed by atoms with Gasteiger partial charge in [0.05, 0.1) is 0 Å². The predicted octanol–water partition coefficient (Wildman–Crippen LogP) is 3.78.